The van der Waals surface area contributed by atoms with Gasteiger partial charge in [-0.3, -0.25) is 9.59 Å². The normalized spacial score (nSPS) is 12.6. The number of carbonyl (C=O) groups excluding carboxylic acids is 1. The number of ether oxygens (including phenoxy) is 1. The molecular formula is C13H14F3NO4. The summed E-state index contributed by atoms with van der Waals surface area (Å²) in [5.41, 5.74) is 0.588. The van der Waals surface area contributed by atoms with E-state index in [1.807, 2.05) is 0 Å². The van der Waals surface area contributed by atoms with Gasteiger partial charge in [0.25, 0.3) is 0 Å². The molecule has 0 saturated carbocycles. The highest BCUT2D eigenvalue weighted by Crippen LogP contribution is 2.17. The Labute approximate surface area is 118 Å². The van der Waals surface area contributed by atoms with Crippen LogP contribution in [0, 0.1) is 0 Å². The lowest BCUT2D eigenvalue weighted by atomic mass is 10.0. The van der Waals surface area contributed by atoms with Crippen molar-refractivity contribution in [1.29, 1.82) is 0 Å². The number of rotatable bonds is 6. The Morgan fingerprint density at radius 1 is 1.29 bits per heavy atom. The largest absolute Gasteiger partial charge is 0.497 e. The molecule has 8 heteroatoms. The molecular weight excluding hydrogens is 291 g/mol. The summed E-state index contributed by atoms with van der Waals surface area (Å²) < 4.78 is 41.6. The van der Waals surface area contributed by atoms with Crippen molar-refractivity contribution in [2.75, 3.05) is 7.11 Å². The number of amides is 1. The molecule has 1 rings (SSSR count). The molecule has 0 radical (unpaired) electrons. The second-order valence-corrected chi connectivity index (χ2v) is 4.32. The third-order valence-electron chi connectivity index (χ3n) is 2.65. The fourth-order valence-corrected chi connectivity index (χ4v) is 1.70. The lowest BCUT2D eigenvalue weighted by Gasteiger charge is -2.18. The fourth-order valence-electron chi connectivity index (χ4n) is 1.70. The zero-order valence-electron chi connectivity index (χ0n) is 11.1. The summed E-state index contributed by atoms with van der Waals surface area (Å²) in [6, 6.07) is 5.23. The Hall–Kier alpha value is -2.25. The van der Waals surface area contributed by atoms with E-state index in [2.05, 4.69) is 0 Å². The van der Waals surface area contributed by atoms with Crippen LogP contribution in [-0.4, -0.2) is 36.3 Å². The van der Waals surface area contributed by atoms with Crippen molar-refractivity contribution >= 4 is 11.9 Å². The Morgan fingerprint density at radius 3 is 2.29 bits per heavy atom. The van der Waals surface area contributed by atoms with Gasteiger partial charge in [-0.2, -0.15) is 13.2 Å². The van der Waals surface area contributed by atoms with E-state index < -0.39 is 30.5 Å². The van der Waals surface area contributed by atoms with E-state index in [0.717, 1.165) is 0 Å². The van der Waals surface area contributed by atoms with Gasteiger partial charge in [-0.15, -0.1) is 0 Å². The molecule has 0 unspecified atom stereocenters. The predicted octanol–water partition coefficient (Wildman–Crippen LogP) is 1.76. The average Bonchev–Trinajstić information content (AvgIpc) is 2.37. The molecule has 0 aliphatic rings. The first-order chi connectivity index (χ1) is 9.72. The van der Waals surface area contributed by atoms with E-state index in [1.165, 1.54) is 7.11 Å². The molecule has 1 aromatic rings. The third-order valence-corrected chi connectivity index (χ3v) is 2.65. The van der Waals surface area contributed by atoms with Crippen molar-refractivity contribution in [1.82, 2.24) is 5.32 Å². The van der Waals surface area contributed by atoms with Crippen molar-refractivity contribution < 1.29 is 32.6 Å². The summed E-state index contributed by atoms with van der Waals surface area (Å²) in [6.45, 7) is 0. The van der Waals surface area contributed by atoms with Crippen LogP contribution in [-0.2, 0) is 16.0 Å². The van der Waals surface area contributed by atoms with Crippen LogP contribution in [0.2, 0.25) is 0 Å². The molecule has 1 atom stereocenters. The Kier molecular flexibility index (Phi) is 5.57. The summed E-state index contributed by atoms with van der Waals surface area (Å²) in [5.74, 6) is -2.88. The van der Waals surface area contributed by atoms with E-state index in [4.69, 9.17) is 9.84 Å². The molecule has 5 nitrogen and oxygen atoms in total. The molecule has 0 spiro atoms. The maximum atomic E-state index is 12.2. The smallest absolute Gasteiger partial charge is 0.471 e. The monoisotopic (exact) mass is 305 g/mol. The van der Waals surface area contributed by atoms with Gasteiger partial charge in [-0.1, -0.05) is 12.1 Å². The van der Waals surface area contributed by atoms with Crippen molar-refractivity contribution in [2.24, 2.45) is 0 Å². The molecule has 0 fully saturated rings. The van der Waals surface area contributed by atoms with E-state index in [-0.39, 0.29) is 6.42 Å². The van der Waals surface area contributed by atoms with Gasteiger partial charge < -0.3 is 15.2 Å². The Bertz CT molecular complexity index is 499. The highest BCUT2D eigenvalue weighted by molar-refractivity contribution is 5.82. The molecule has 1 amide bonds. The first-order valence-electron chi connectivity index (χ1n) is 5.94. The number of hydrogen-bond acceptors (Lipinski definition) is 3. The summed E-state index contributed by atoms with van der Waals surface area (Å²) in [7, 11) is 1.46. The summed E-state index contributed by atoms with van der Waals surface area (Å²) in [5, 5.41) is 10.4. The second-order valence-electron chi connectivity index (χ2n) is 4.32. The summed E-state index contributed by atoms with van der Waals surface area (Å²) in [4.78, 5) is 21.6. The van der Waals surface area contributed by atoms with Gasteiger partial charge in [0.15, 0.2) is 0 Å². The number of carbonyl (C=O) groups is 2. The minimum atomic E-state index is -5.04. The Balaban J connectivity index is 2.77. The number of aliphatic carboxylic acids is 1. The number of alkyl halides is 3. The third kappa shape index (κ3) is 5.72. The molecule has 0 aliphatic heterocycles. The zero-order chi connectivity index (χ0) is 16.0. The summed E-state index contributed by atoms with van der Waals surface area (Å²) >= 11 is 0. The van der Waals surface area contributed by atoms with Crippen molar-refractivity contribution in [3.8, 4) is 5.75 Å². The number of carboxylic acid groups (broad SMARTS) is 1. The SMILES string of the molecule is COc1ccc(C[C@@H](CC(=O)O)NC(=O)C(F)(F)F)cc1. The molecule has 0 saturated heterocycles. The fraction of sp³-hybridized carbons (Fsp3) is 0.385. The van der Waals surface area contributed by atoms with E-state index in [0.29, 0.717) is 11.3 Å². The number of hydrogen-bond donors (Lipinski definition) is 2. The minimum absolute atomic E-state index is 0.0296. The van der Waals surface area contributed by atoms with Crippen molar-refractivity contribution in [3.05, 3.63) is 29.8 Å². The summed E-state index contributed by atoms with van der Waals surface area (Å²) in [6.07, 6.45) is -5.68. The van der Waals surface area contributed by atoms with Crippen LogP contribution in [0.1, 0.15) is 12.0 Å². The first kappa shape index (κ1) is 16.8. The average molecular weight is 305 g/mol. The Morgan fingerprint density at radius 2 is 1.86 bits per heavy atom. The lowest BCUT2D eigenvalue weighted by molar-refractivity contribution is -0.174. The van der Waals surface area contributed by atoms with Crippen molar-refractivity contribution in [2.45, 2.75) is 25.1 Å². The molecule has 1 aromatic carbocycles. The lowest BCUT2D eigenvalue weighted by Crippen LogP contribution is -2.45. The molecule has 116 valence electrons. The van der Waals surface area contributed by atoms with Crippen LogP contribution in [0.3, 0.4) is 0 Å². The number of methoxy groups -OCH3 is 1. The molecule has 2 N–H and O–H groups in total. The minimum Gasteiger partial charge on any atom is -0.497 e. The maximum Gasteiger partial charge on any atom is 0.471 e. The first-order valence-corrected chi connectivity index (χ1v) is 5.94. The van der Waals surface area contributed by atoms with Gasteiger partial charge in [0, 0.05) is 6.04 Å². The second kappa shape index (κ2) is 6.96. The molecule has 0 aromatic heterocycles. The molecule has 0 aliphatic carbocycles. The van der Waals surface area contributed by atoms with Crippen LogP contribution in [0.15, 0.2) is 24.3 Å². The van der Waals surface area contributed by atoms with Crippen LogP contribution in [0.4, 0.5) is 13.2 Å². The maximum absolute atomic E-state index is 12.2. The van der Waals surface area contributed by atoms with Crippen LogP contribution < -0.4 is 10.1 Å². The highest BCUT2D eigenvalue weighted by Gasteiger charge is 2.39. The van der Waals surface area contributed by atoms with Crippen LogP contribution in [0.5, 0.6) is 5.75 Å². The van der Waals surface area contributed by atoms with Gasteiger partial charge in [0.2, 0.25) is 0 Å². The number of halogens is 3. The number of benzene rings is 1. The highest BCUT2D eigenvalue weighted by atomic mass is 19.4. The van der Waals surface area contributed by atoms with Crippen LogP contribution >= 0.6 is 0 Å². The number of nitrogens with one attached hydrogen (secondary N) is 1. The van der Waals surface area contributed by atoms with Gasteiger partial charge >= 0.3 is 18.1 Å². The van der Waals surface area contributed by atoms with Crippen molar-refractivity contribution in [3.63, 3.8) is 0 Å². The standard InChI is InChI=1S/C13H14F3NO4/c1-21-10-4-2-8(3-5-10)6-9(7-11(18)19)17-12(20)13(14,15)16/h2-5,9H,6-7H2,1H3,(H,17,20)(H,18,19)/t9-/m0/s1. The van der Waals surface area contributed by atoms with Gasteiger partial charge in [0.1, 0.15) is 5.75 Å². The topological polar surface area (TPSA) is 75.6 Å². The quantitative estimate of drug-likeness (QED) is 0.839. The molecule has 0 bridgehead atoms. The number of carboxylic acids is 1. The van der Waals surface area contributed by atoms with E-state index in [9.17, 15) is 22.8 Å². The van der Waals surface area contributed by atoms with Gasteiger partial charge in [-0.25, -0.2) is 0 Å². The van der Waals surface area contributed by atoms with Gasteiger partial charge in [0.05, 0.1) is 13.5 Å². The van der Waals surface area contributed by atoms with E-state index >= 15 is 0 Å². The predicted molar refractivity (Wildman–Crippen MR) is 66.9 cm³/mol. The zero-order valence-corrected chi connectivity index (χ0v) is 11.1. The molecule has 0 heterocycles. The van der Waals surface area contributed by atoms with E-state index in [1.54, 1.807) is 29.6 Å². The van der Waals surface area contributed by atoms with Crippen LogP contribution in [0.25, 0.3) is 0 Å². The van der Waals surface area contributed by atoms with Gasteiger partial charge in [-0.05, 0) is 24.1 Å². The molecule has 21 heavy (non-hydrogen) atoms.